The van der Waals surface area contributed by atoms with Gasteiger partial charge in [-0.05, 0) is 30.2 Å². The van der Waals surface area contributed by atoms with Crippen molar-refractivity contribution in [1.29, 1.82) is 0 Å². The number of aromatic nitrogens is 1. The number of para-hydroxylation sites is 2. The molecule has 0 saturated carbocycles. The highest BCUT2D eigenvalue weighted by atomic mass is 16.5. The van der Waals surface area contributed by atoms with Crippen molar-refractivity contribution in [1.82, 2.24) is 9.88 Å². The van der Waals surface area contributed by atoms with E-state index in [1.54, 1.807) is 7.11 Å². The lowest BCUT2D eigenvalue weighted by Crippen LogP contribution is -2.34. The number of nitrogens with zero attached hydrogens (tertiary/aromatic N) is 1. The predicted molar refractivity (Wildman–Crippen MR) is 99.8 cm³/mol. The molecule has 1 aliphatic rings. The van der Waals surface area contributed by atoms with Crippen molar-refractivity contribution in [2.75, 3.05) is 20.2 Å². The summed E-state index contributed by atoms with van der Waals surface area (Å²) in [5.41, 5.74) is 4.29. The maximum Gasteiger partial charge on any atom is 0.257 e. The third-order valence-electron chi connectivity index (χ3n) is 4.77. The molecule has 0 aliphatic carbocycles. The average molecular weight is 332 g/mol. The van der Waals surface area contributed by atoms with Gasteiger partial charge in [-0.3, -0.25) is 4.79 Å². The van der Waals surface area contributed by atoms with E-state index >= 15 is 0 Å². The molecule has 4 nitrogen and oxygen atoms in total. The average Bonchev–Trinajstić information content (AvgIpc) is 3.11. The zero-order valence-corrected chi connectivity index (χ0v) is 14.2. The van der Waals surface area contributed by atoms with Gasteiger partial charge in [0.05, 0.1) is 12.7 Å². The highest BCUT2D eigenvalue weighted by Crippen LogP contribution is 2.30. The third-order valence-corrected chi connectivity index (χ3v) is 4.77. The first-order valence-electron chi connectivity index (χ1n) is 8.46. The van der Waals surface area contributed by atoms with Crippen LogP contribution in [0.25, 0.3) is 16.5 Å². The molecule has 1 amide bonds. The molecule has 25 heavy (non-hydrogen) atoms. The number of nitrogens with one attached hydrogen (secondary N) is 1. The van der Waals surface area contributed by atoms with Crippen LogP contribution < -0.4 is 4.74 Å². The van der Waals surface area contributed by atoms with E-state index in [0.29, 0.717) is 24.4 Å². The van der Waals surface area contributed by atoms with Crippen LogP contribution in [0.3, 0.4) is 0 Å². The fourth-order valence-corrected chi connectivity index (χ4v) is 3.43. The summed E-state index contributed by atoms with van der Waals surface area (Å²) in [4.78, 5) is 18.0. The Kier molecular flexibility index (Phi) is 4.02. The molecular formula is C21H20N2O2. The fourth-order valence-electron chi connectivity index (χ4n) is 3.43. The molecule has 0 unspecified atom stereocenters. The van der Waals surface area contributed by atoms with Crippen LogP contribution in [0, 0.1) is 0 Å². The Morgan fingerprint density at radius 3 is 2.72 bits per heavy atom. The van der Waals surface area contributed by atoms with Gasteiger partial charge in [-0.15, -0.1) is 0 Å². The Morgan fingerprint density at radius 1 is 1.12 bits per heavy atom. The Labute approximate surface area is 146 Å². The molecule has 1 aliphatic heterocycles. The number of benzene rings is 2. The second kappa shape index (κ2) is 6.48. The number of rotatable bonds is 3. The standard InChI is InChI=1S/C21H20N2O2/c1-25-20-9-5-3-7-17(20)21(24)23-12-10-15(11-13-23)18-14-22-19-8-4-2-6-16(18)19/h2-10,14,22H,11-13H2,1H3. The van der Waals surface area contributed by atoms with Gasteiger partial charge in [0, 0.05) is 35.8 Å². The van der Waals surface area contributed by atoms with Crippen LogP contribution in [0.4, 0.5) is 0 Å². The van der Waals surface area contributed by atoms with Crippen LogP contribution in [-0.2, 0) is 0 Å². The third kappa shape index (κ3) is 2.80. The summed E-state index contributed by atoms with van der Waals surface area (Å²) in [7, 11) is 1.59. The molecule has 0 bridgehead atoms. The lowest BCUT2D eigenvalue weighted by Gasteiger charge is -2.27. The minimum absolute atomic E-state index is 0.0201. The smallest absolute Gasteiger partial charge is 0.257 e. The van der Waals surface area contributed by atoms with Gasteiger partial charge in [-0.1, -0.05) is 36.4 Å². The first-order chi connectivity index (χ1) is 12.3. The van der Waals surface area contributed by atoms with Crippen LogP contribution in [0.5, 0.6) is 5.75 Å². The number of fused-ring (bicyclic) bond motifs is 1. The van der Waals surface area contributed by atoms with Gasteiger partial charge in [0.2, 0.25) is 0 Å². The van der Waals surface area contributed by atoms with Crippen molar-refractivity contribution in [3.05, 3.63) is 71.9 Å². The minimum Gasteiger partial charge on any atom is -0.496 e. The summed E-state index contributed by atoms with van der Waals surface area (Å²) < 4.78 is 5.32. The fraction of sp³-hybridized carbons (Fsp3) is 0.190. The molecule has 0 atom stereocenters. The number of hydrogen-bond donors (Lipinski definition) is 1. The Bertz CT molecular complexity index is 955. The van der Waals surface area contributed by atoms with Crippen LogP contribution >= 0.6 is 0 Å². The van der Waals surface area contributed by atoms with Crippen LogP contribution in [-0.4, -0.2) is 36.0 Å². The number of H-pyrrole nitrogens is 1. The van der Waals surface area contributed by atoms with E-state index in [-0.39, 0.29) is 5.91 Å². The van der Waals surface area contributed by atoms with E-state index in [0.717, 1.165) is 11.9 Å². The number of aromatic amines is 1. The zero-order chi connectivity index (χ0) is 17.2. The maximum atomic E-state index is 12.8. The van der Waals surface area contributed by atoms with Crippen LogP contribution in [0.1, 0.15) is 22.3 Å². The summed E-state index contributed by atoms with van der Waals surface area (Å²) in [5, 5.41) is 1.23. The molecular weight excluding hydrogens is 312 g/mol. The molecule has 0 spiro atoms. The van der Waals surface area contributed by atoms with Gasteiger partial charge in [0.15, 0.2) is 0 Å². The SMILES string of the molecule is COc1ccccc1C(=O)N1CC=C(c2c[nH]c3ccccc23)CC1. The molecule has 1 N–H and O–H groups in total. The van der Waals surface area contributed by atoms with Crippen molar-refractivity contribution in [3.63, 3.8) is 0 Å². The normalized spacial score (nSPS) is 14.4. The van der Waals surface area contributed by atoms with Crippen molar-refractivity contribution < 1.29 is 9.53 Å². The summed E-state index contributed by atoms with van der Waals surface area (Å²) in [5.74, 6) is 0.644. The van der Waals surface area contributed by atoms with E-state index in [2.05, 4.69) is 35.5 Å². The number of methoxy groups -OCH3 is 1. The quantitative estimate of drug-likeness (QED) is 0.784. The van der Waals surface area contributed by atoms with Crippen LogP contribution in [0.15, 0.2) is 60.8 Å². The largest absolute Gasteiger partial charge is 0.496 e. The van der Waals surface area contributed by atoms with Crippen LogP contribution in [0.2, 0.25) is 0 Å². The molecule has 2 aromatic carbocycles. The maximum absolute atomic E-state index is 12.8. The molecule has 4 heteroatoms. The molecule has 4 rings (SSSR count). The van der Waals surface area contributed by atoms with Crippen molar-refractivity contribution in [3.8, 4) is 5.75 Å². The number of carbonyl (C=O) groups excluding carboxylic acids is 1. The second-order valence-electron chi connectivity index (χ2n) is 6.18. The lowest BCUT2D eigenvalue weighted by atomic mass is 9.98. The molecule has 2 heterocycles. The van der Waals surface area contributed by atoms with Crippen molar-refractivity contribution in [2.24, 2.45) is 0 Å². The van der Waals surface area contributed by atoms with Gasteiger partial charge in [-0.25, -0.2) is 0 Å². The van der Waals surface area contributed by atoms with Crippen molar-refractivity contribution in [2.45, 2.75) is 6.42 Å². The topological polar surface area (TPSA) is 45.3 Å². The van der Waals surface area contributed by atoms with Crippen molar-refractivity contribution >= 4 is 22.4 Å². The number of carbonyl (C=O) groups is 1. The van der Waals surface area contributed by atoms with E-state index < -0.39 is 0 Å². The second-order valence-corrected chi connectivity index (χ2v) is 6.18. The molecule has 1 aromatic heterocycles. The first-order valence-corrected chi connectivity index (χ1v) is 8.46. The lowest BCUT2D eigenvalue weighted by molar-refractivity contribution is 0.0769. The minimum atomic E-state index is 0.0201. The Balaban J connectivity index is 1.57. The molecule has 0 radical (unpaired) electrons. The van der Waals surface area contributed by atoms with Gasteiger partial charge in [0.25, 0.3) is 5.91 Å². The molecule has 0 saturated heterocycles. The number of ether oxygens (including phenoxy) is 1. The van der Waals surface area contributed by atoms with E-state index in [4.69, 9.17) is 4.74 Å². The summed E-state index contributed by atoms with van der Waals surface area (Å²) in [6.45, 7) is 1.33. The van der Waals surface area contributed by atoms with E-state index in [9.17, 15) is 4.79 Å². The van der Waals surface area contributed by atoms with E-state index in [1.165, 1.54) is 16.5 Å². The molecule has 0 fully saturated rings. The molecule has 126 valence electrons. The van der Waals surface area contributed by atoms with E-state index in [1.807, 2.05) is 35.2 Å². The van der Waals surface area contributed by atoms with Gasteiger partial charge < -0.3 is 14.6 Å². The first kappa shape index (κ1) is 15.5. The van der Waals surface area contributed by atoms with Gasteiger partial charge >= 0.3 is 0 Å². The highest BCUT2D eigenvalue weighted by Gasteiger charge is 2.22. The van der Waals surface area contributed by atoms with Gasteiger partial charge in [-0.2, -0.15) is 0 Å². The van der Waals surface area contributed by atoms with Gasteiger partial charge in [0.1, 0.15) is 5.75 Å². The number of hydrogen-bond acceptors (Lipinski definition) is 2. The summed E-state index contributed by atoms with van der Waals surface area (Å²) in [6, 6.07) is 15.7. The Morgan fingerprint density at radius 2 is 1.92 bits per heavy atom. The predicted octanol–water partition coefficient (Wildman–Crippen LogP) is 4.11. The summed E-state index contributed by atoms with van der Waals surface area (Å²) >= 11 is 0. The monoisotopic (exact) mass is 332 g/mol. The number of amides is 1. The highest BCUT2D eigenvalue weighted by molar-refractivity contribution is 5.98. The molecule has 3 aromatic rings. The Hall–Kier alpha value is -3.01. The summed E-state index contributed by atoms with van der Waals surface area (Å²) in [6.07, 6.45) is 5.07. The zero-order valence-electron chi connectivity index (χ0n) is 14.2.